The number of aromatic nitrogens is 2. The van der Waals surface area contributed by atoms with E-state index in [4.69, 9.17) is 23.6 Å². The number of hydrogen-bond donors (Lipinski definition) is 2. The number of furan rings is 1. The topological polar surface area (TPSA) is 98.6 Å². The van der Waals surface area contributed by atoms with E-state index >= 15 is 0 Å². The minimum atomic E-state index is -0.115. The summed E-state index contributed by atoms with van der Waals surface area (Å²) in [5, 5.41) is 3.57. The van der Waals surface area contributed by atoms with Crippen molar-refractivity contribution >= 4 is 17.7 Å². The maximum absolute atomic E-state index is 12.5. The molecule has 0 aliphatic carbocycles. The highest BCUT2D eigenvalue weighted by molar-refractivity contribution is 8.00. The second kappa shape index (κ2) is 11.5. The van der Waals surface area contributed by atoms with E-state index in [1.165, 1.54) is 11.8 Å². The van der Waals surface area contributed by atoms with Gasteiger partial charge in [0.25, 0.3) is 0 Å². The molecule has 0 fully saturated rings. The first-order valence-electron chi connectivity index (χ1n) is 11.1. The standard InChI is InChI=1S/C26H27N3O5S/c1-4-33-19-10-7-17(8-11-19)25-28-24(18-9-12-21(31-2)22(14-18)32-3)26(29-25)35-16-23(30)27-15-20-6-5-13-34-20/h5-14H,4,15-16H2,1-3H3,(H,27,30)(H,28,29). The van der Waals surface area contributed by atoms with E-state index in [1.54, 1.807) is 26.5 Å². The fourth-order valence-electron chi connectivity index (χ4n) is 3.45. The number of carbonyl (C=O) groups is 1. The Bertz CT molecular complexity index is 1250. The molecule has 2 aromatic carbocycles. The molecule has 0 spiro atoms. The van der Waals surface area contributed by atoms with Crippen LogP contribution in [0, 0.1) is 0 Å². The van der Waals surface area contributed by atoms with Crippen LogP contribution in [-0.4, -0.2) is 42.5 Å². The normalized spacial score (nSPS) is 10.7. The molecule has 0 aliphatic heterocycles. The summed E-state index contributed by atoms with van der Waals surface area (Å²) in [5.41, 5.74) is 2.56. The Kier molecular flexibility index (Phi) is 7.99. The Morgan fingerprint density at radius 2 is 1.83 bits per heavy atom. The number of aromatic amines is 1. The molecule has 182 valence electrons. The molecule has 0 saturated heterocycles. The number of nitrogens with one attached hydrogen (secondary N) is 2. The number of methoxy groups -OCH3 is 2. The molecule has 9 heteroatoms. The van der Waals surface area contributed by atoms with Gasteiger partial charge < -0.3 is 28.9 Å². The number of H-pyrrole nitrogens is 1. The lowest BCUT2D eigenvalue weighted by molar-refractivity contribution is -0.118. The molecule has 0 unspecified atom stereocenters. The van der Waals surface area contributed by atoms with Crippen LogP contribution in [0.15, 0.2) is 70.3 Å². The number of nitrogens with zero attached hydrogens (tertiary/aromatic N) is 1. The van der Waals surface area contributed by atoms with Crippen LogP contribution in [0.25, 0.3) is 22.6 Å². The first-order chi connectivity index (χ1) is 17.1. The number of benzene rings is 2. The zero-order valence-electron chi connectivity index (χ0n) is 19.8. The van der Waals surface area contributed by atoms with E-state index in [2.05, 4.69) is 10.3 Å². The lowest BCUT2D eigenvalue weighted by atomic mass is 10.1. The summed E-state index contributed by atoms with van der Waals surface area (Å²) < 4.78 is 21.7. The molecular formula is C26H27N3O5S. The van der Waals surface area contributed by atoms with Gasteiger partial charge in [-0.05, 0) is 61.5 Å². The van der Waals surface area contributed by atoms with Crippen LogP contribution >= 0.6 is 11.8 Å². The molecule has 2 heterocycles. The van der Waals surface area contributed by atoms with Crippen molar-refractivity contribution < 1.29 is 23.4 Å². The monoisotopic (exact) mass is 493 g/mol. The molecule has 2 N–H and O–H groups in total. The third-order valence-corrected chi connectivity index (χ3v) is 6.14. The Morgan fingerprint density at radius 1 is 1.06 bits per heavy atom. The second-order valence-corrected chi connectivity index (χ2v) is 8.40. The average Bonchev–Trinajstić information content (AvgIpc) is 3.57. The van der Waals surface area contributed by atoms with Crippen molar-refractivity contribution in [1.82, 2.24) is 15.3 Å². The first-order valence-corrected chi connectivity index (χ1v) is 12.1. The Hall–Kier alpha value is -3.85. The fourth-order valence-corrected chi connectivity index (χ4v) is 4.28. The zero-order chi connectivity index (χ0) is 24.6. The van der Waals surface area contributed by atoms with Gasteiger partial charge in [0.2, 0.25) is 5.91 Å². The summed E-state index contributed by atoms with van der Waals surface area (Å²) in [6, 6.07) is 17.0. The summed E-state index contributed by atoms with van der Waals surface area (Å²) >= 11 is 1.36. The first kappa shape index (κ1) is 24.3. The predicted octanol–water partition coefficient (Wildman–Crippen LogP) is 5.16. The van der Waals surface area contributed by atoms with E-state index < -0.39 is 0 Å². The fraction of sp³-hybridized carbons (Fsp3) is 0.231. The number of rotatable bonds is 11. The van der Waals surface area contributed by atoms with Crippen molar-refractivity contribution in [1.29, 1.82) is 0 Å². The quantitative estimate of drug-likeness (QED) is 0.278. The third kappa shape index (κ3) is 5.99. The van der Waals surface area contributed by atoms with Crippen molar-refractivity contribution in [3.05, 3.63) is 66.6 Å². The van der Waals surface area contributed by atoms with E-state index in [0.717, 1.165) is 22.6 Å². The van der Waals surface area contributed by atoms with Gasteiger partial charge >= 0.3 is 0 Å². The van der Waals surface area contributed by atoms with Crippen LogP contribution in [-0.2, 0) is 11.3 Å². The van der Waals surface area contributed by atoms with Crippen LogP contribution in [0.3, 0.4) is 0 Å². The lowest BCUT2D eigenvalue weighted by Gasteiger charge is -2.09. The smallest absolute Gasteiger partial charge is 0.230 e. The van der Waals surface area contributed by atoms with E-state index in [0.29, 0.717) is 41.3 Å². The number of carbonyl (C=O) groups excluding carboxylic acids is 1. The maximum atomic E-state index is 12.5. The van der Waals surface area contributed by atoms with Crippen molar-refractivity contribution in [2.75, 3.05) is 26.6 Å². The number of hydrogen-bond acceptors (Lipinski definition) is 7. The number of imidazole rings is 1. The van der Waals surface area contributed by atoms with Gasteiger partial charge in [-0.2, -0.15) is 0 Å². The highest BCUT2D eigenvalue weighted by atomic mass is 32.2. The molecule has 0 bridgehead atoms. The summed E-state index contributed by atoms with van der Waals surface area (Å²) in [5.74, 6) is 3.52. The summed E-state index contributed by atoms with van der Waals surface area (Å²) in [6.45, 7) is 2.89. The molecular weight excluding hydrogens is 466 g/mol. The van der Waals surface area contributed by atoms with E-state index in [1.807, 2.05) is 55.5 Å². The molecule has 4 aromatic rings. The molecule has 0 atom stereocenters. The third-order valence-electron chi connectivity index (χ3n) is 5.16. The van der Waals surface area contributed by atoms with Crippen LogP contribution in [0.2, 0.25) is 0 Å². The van der Waals surface area contributed by atoms with Gasteiger partial charge in [0.15, 0.2) is 11.5 Å². The minimum Gasteiger partial charge on any atom is -0.494 e. The maximum Gasteiger partial charge on any atom is 0.230 e. The highest BCUT2D eigenvalue weighted by Crippen LogP contribution is 2.37. The minimum absolute atomic E-state index is 0.115. The van der Waals surface area contributed by atoms with Gasteiger partial charge in [-0.3, -0.25) is 4.79 Å². The van der Waals surface area contributed by atoms with Crippen molar-refractivity contribution in [2.45, 2.75) is 18.5 Å². The van der Waals surface area contributed by atoms with Crippen molar-refractivity contribution in [2.24, 2.45) is 0 Å². The van der Waals surface area contributed by atoms with Gasteiger partial charge in [-0.15, -0.1) is 0 Å². The van der Waals surface area contributed by atoms with Gasteiger partial charge in [0.05, 0.1) is 45.1 Å². The molecule has 2 aromatic heterocycles. The zero-order valence-corrected chi connectivity index (χ0v) is 20.6. The predicted molar refractivity (Wildman–Crippen MR) is 135 cm³/mol. The highest BCUT2D eigenvalue weighted by Gasteiger charge is 2.17. The molecule has 4 rings (SSSR count). The average molecular weight is 494 g/mol. The number of amides is 1. The molecule has 8 nitrogen and oxygen atoms in total. The van der Waals surface area contributed by atoms with Gasteiger partial charge in [0, 0.05) is 11.1 Å². The molecule has 35 heavy (non-hydrogen) atoms. The van der Waals surface area contributed by atoms with E-state index in [9.17, 15) is 4.79 Å². The second-order valence-electron chi connectivity index (χ2n) is 7.44. The summed E-state index contributed by atoms with van der Waals surface area (Å²) in [6.07, 6.45) is 1.58. The van der Waals surface area contributed by atoms with E-state index in [-0.39, 0.29) is 11.7 Å². The summed E-state index contributed by atoms with van der Waals surface area (Å²) in [7, 11) is 3.19. The molecule has 0 radical (unpaired) electrons. The van der Waals surface area contributed by atoms with Crippen molar-refractivity contribution in [3.63, 3.8) is 0 Å². The largest absolute Gasteiger partial charge is 0.494 e. The number of ether oxygens (including phenoxy) is 3. The summed E-state index contributed by atoms with van der Waals surface area (Å²) in [4.78, 5) is 20.7. The molecule has 1 amide bonds. The van der Waals surface area contributed by atoms with Gasteiger partial charge in [-0.25, -0.2) is 4.98 Å². The molecule has 0 saturated carbocycles. The SMILES string of the molecule is CCOc1ccc(-c2nc(SCC(=O)NCc3ccco3)c(-c3ccc(OC)c(OC)c3)[nH]2)cc1. The Labute approximate surface area is 208 Å². The Balaban J connectivity index is 1.59. The lowest BCUT2D eigenvalue weighted by Crippen LogP contribution is -2.24. The number of thioether (sulfide) groups is 1. The van der Waals surface area contributed by atoms with Gasteiger partial charge in [-0.1, -0.05) is 11.8 Å². The van der Waals surface area contributed by atoms with Crippen LogP contribution in [0.5, 0.6) is 17.2 Å². The van der Waals surface area contributed by atoms with Crippen molar-refractivity contribution in [3.8, 4) is 39.9 Å². The van der Waals surface area contributed by atoms with Crippen LogP contribution in [0.1, 0.15) is 12.7 Å². The van der Waals surface area contributed by atoms with Crippen LogP contribution < -0.4 is 19.5 Å². The van der Waals surface area contributed by atoms with Crippen LogP contribution in [0.4, 0.5) is 0 Å². The molecule has 0 aliphatic rings. The Morgan fingerprint density at radius 3 is 2.51 bits per heavy atom. The van der Waals surface area contributed by atoms with Gasteiger partial charge in [0.1, 0.15) is 22.4 Å².